The minimum atomic E-state index is -3.04. The maximum absolute atomic E-state index is 13.5. The molecule has 11 nitrogen and oxygen atoms in total. The molecule has 0 radical (unpaired) electrons. The number of pyridine rings is 2. The van der Waals surface area contributed by atoms with Gasteiger partial charge in [-0.05, 0) is 91.4 Å². The van der Waals surface area contributed by atoms with E-state index < -0.39 is 18.5 Å². The molecule has 0 spiro atoms. The van der Waals surface area contributed by atoms with Gasteiger partial charge < -0.3 is 24.7 Å². The summed E-state index contributed by atoms with van der Waals surface area (Å²) in [5.41, 5.74) is 8.65. The highest BCUT2D eigenvalue weighted by molar-refractivity contribution is 5.91. The molecule has 54 heavy (non-hydrogen) atoms. The number of benzene rings is 3. The molecule has 278 valence electrons. The quantitative estimate of drug-likeness (QED) is 0.122. The Hall–Kier alpha value is -5.50. The topological polar surface area (TPSA) is 137 Å². The number of likely N-dealkylation sites (tertiary alicyclic amines) is 2. The van der Waals surface area contributed by atoms with Crippen LogP contribution < -0.4 is 10.1 Å². The monoisotopic (exact) mass is 734 g/mol. The number of aliphatic hydroxyl groups is 1. The molecule has 3 aromatic carbocycles. The van der Waals surface area contributed by atoms with Crippen LogP contribution in [0.25, 0.3) is 44.6 Å². The smallest absolute Gasteiger partial charge is 0.387 e. The zero-order valence-corrected chi connectivity index (χ0v) is 29.9. The molecule has 13 heteroatoms. The highest BCUT2D eigenvalue weighted by Gasteiger charge is 2.29. The van der Waals surface area contributed by atoms with Gasteiger partial charge in [0.25, 0.3) is 0 Å². The summed E-state index contributed by atoms with van der Waals surface area (Å²) in [6.45, 7) is 4.40. The third-order valence-electron chi connectivity index (χ3n) is 10.6. The van der Waals surface area contributed by atoms with Gasteiger partial charge in [0.2, 0.25) is 5.89 Å². The summed E-state index contributed by atoms with van der Waals surface area (Å²) < 4.78 is 38.0. The molecule has 2 atom stereocenters. The Morgan fingerprint density at radius 3 is 2.48 bits per heavy atom. The average Bonchev–Trinajstić information content (AvgIpc) is 3.89. The number of carboxylic acids is 1. The fourth-order valence-electron chi connectivity index (χ4n) is 7.71. The van der Waals surface area contributed by atoms with Crippen LogP contribution in [0, 0.1) is 19.8 Å². The van der Waals surface area contributed by atoms with Crippen molar-refractivity contribution in [2.45, 2.75) is 52.5 Å². The first kappa shape index (κ1) is 35.5. The second kappa shape index (κ2) is 14.7. The lowest BCUT2D eigenvalue weighted by atomic mass is 9.93. The van der Waals surface area contributed by atoms with Gasteiger partial charge in [-0.2, -0.15) is 8.78 Å². The molecule has 0 amide bonds. The summed E-state index contributed by atoms with van der Waals surface area (Å²) in [5, 5.41) is 23.8. The third kappa shape index (κ3) is 7.22. The predicted octanol–water partition coefficient (Wildman–Crippen LogP) is 7.54. The van der Waals surface area contributed by atoms with Crippen LogP contribution in [0.4, 0.5) is 20.3 Å². The zero-order chi connectivity index (χ0) is 37.5. The Morgan fingerprint density at radius 1 is 0.963 bits per heavy atom. The predicted molar refractivity (Wildman–Crippen MR) is 201 cm³/mol. The van der Waals surface area contributed by atoms with E-state index >= 15 is 0 Å². The highest BCUT2D eigenvalue weighted by Crippen LogP contribution is 2.38. The molecule has 2 aliphatic heterocycles. The van der Waals surface area contributed by atoms with Crippen LogP contribution in [-0.4, -0.2) is 79.8 Å². The molecule has 6 aromatic rings. The first-order chi connectivity index (χ1) is 26.1. The van der Waals surface area contributed by atoms with Gasteiger partial charge in [0.15, 0.2) is 11.4 Å². The lowest BCUT2D eigenvalue weighted by Gasteiger charge is -2.17. The Balaban J connectivity index is 1.07. The zero-order valence-electron chi connectivity index (χ0n) is 29.9. The lowest BCUT2D eigenvalue weighted by molar-refractivity contribution is -0.141. The summed E-state index contributed by atoms with van der Waals surface area (Å²) in [5.74, 6) is -0.393. The van der Waals surface area contributed by atoms with Crippen molar-refractivity contribution in [1.29, 1.82) is 0 Å². The number of oxazole rings is 1. The van der Waals surface area contributed by atoms with Gasteiger partial charge in [-0.15, -0.1) is 0 Å². The van der Waals surface area contributed by atoms with Crippen LogP contribution in [0.15, 0.2) is 77.5 Å². The molecule has 3 aromatic heterocycles. The Labute approximate surface area is 310 Å². The number of anilines is 2. The van der Waals surface area contributed by atoms with E-state index in [-0.39, 0.29) is 18.4 Å². The van der Waals surface area contributed by atoms with Crippen molar-refractivity contribution in [2.75, 3.05) is 31.5 Å². The maximum atomic E-state index is 13.5. The fourth-order valence-corrected chi connectivity index (χ4v) is 7.71. The number of carbonyl (C=O) groups is 1. The number of carboxylic acid groups (broad SMARTS) is 1. The highest BCUT2D eigenvalue weighted by atomic mass is 19.3. The van der Waals surface area contributed by atoms with Crippen LogP contribution in [0.3, 0.4) is 0 Å². The molecule has 0 saturated carbocycles. The Kier molecular flexibility index (Phi) is 9.69. The van der Waals surface area contributed by atoms with Gasteiger partial charge in [0.1, 0.15) is 16.8 Å². The molecule has 2 fully saturated rings. The number of ether oxygens (including phenoxy) is 1. The van der Waals surface area contributed by atoms with E-state index in [4.69, 9.17) is 19.1 Å². The normalized spacial score (nSPS) is 18.0. The summed E-state index contributed by atoms with van der Waals surface area (Å²) in [7, 11) is 0. The molecular weight excluding hydrogens is 694 g/mol. The van der Waals surface area contributed by atoms with E-state index in [0.29, 0.717) is 54.4 Å². The van der Waals surface area contributed by atoms with Crippen molar-refractivity contribution < 1.29 is 32.9 Å². The van der Waals surface area contributed by atoms with Gasteiger partial charge in [-0.25, -0.2) is 9.97 Å². The van der Waals surface area contributed by atoms with Crippen molar-refractivity contribution in [3.63, 3.8) is 0 Å². The van der Waals surface area contributed by atoms with Gasteiger partial charge in [0, 0.05) is 73.4 Å². The molecule has 3 N–H and O–H groups in total. The number of fused-ring (bicyclic) bond motifs is 2. The van der Waals surface area contributed by atoms with E-state index in [1.165, 1.54) is 6.07 Å². The van der Waals surface area contributed by atoms with Crippen LogP contribution in [0.2, 0.25) is 0 Å². The van der Waals surface area contributed by atoms with Gasteiger partial charge in [0.05, 0.1) is 12.0 Å². The van der Waals surface area contributed by atoms with Crippen LogP contribution in [-0.2, 0) is 17.9 Å². The van der Waals surface area contributed by atoms with Gasteiger partial charge in [-0.1, -0.05) is 24.3 Å². The number of nitrogens with one attached hydrogen (secondary N) is 1. The van der Waals surface area contributed by atoms with Crippen molar-refractivity contribution in [2.24, 2.45) is 5.92 Å². The number of nitrogens with zero attached hydrogens (tertiary/aromatic N) is 5. The summed E-state index contributed by atoms with van der Waals surface area (Å²) in [4.78, 5) is 29.8. The van der Waals surface area contributed by atoms with Crippen molar-refractivity contribution in [1.82, 2.24) is 24.8 Å². The molecule has 2 aliphatic rings. The van der Waals surface area contributed by atoms with Crippen molar-refractivity contribution >= 4 is 39.5 Å². The van der Waals surface area contributed by atoms with Gasteiger partial charge >= 0.3 is 12.6 Å². The second-order valence-electron chi connectivity index (χ2n) is 14.2. The summed E-state index contributed by atoms with van der Waals surface area (Å²) in [6, 6.07) is 19.2. The molecule has 2 saturated heterocycles. The van der Waals surface area contributed by atoms with E-state index in [2.05, 4.69) is 34.3 Å². The molecule has 0 bridgehead atoms. The minimum absolute atomic E-state index is 0.0245. The standard InChI is InChI=1S/C41H40F2N6O5/c1-23-30(31-6-4-8-33(24(31)2)46-38-37-26(9-12-44-38)15-25(18-45-37)19-48-14-11-29(50)22-48)5-3-7-32(23)39-47-34-16-28(21-49-13-10-27(20-49)40(51)52)35(54-41(42)43)17-36(34)53-39/h3-9,12,15-18,27,29,41,50H,10-11,13-14,19-22H2,1-2H3,(H,44,46)(H,51,52)/t27-,29?/m0/s1. The number of β-amino-alcohol motifs (C(OH)–C–C–N with tert-alkyl or cyclic N) is 1. The SMILES string of the molecule is Cc1c(Nc2nccc3cc(CN4CCC(O)C4)cnc23)cccc1-c1cccc(-c2nc3cc(CN4CC[C@H](C(=O)O)C4)c(OC(F)F)cc3o2)c1C. The van der Waals surface area contributed by atoms with Crippen LogP contribution in [0.5, 0.6) is 5.75 Å². The summed E-state index contributed by atoms with van der Waals surface area (Å²) >= 11 is 0. The number of halogens is 2. The minimum Gasteiger partial charge on any atom is -0.481 e. The molecular formula is C41H40F2N6O5. The van der Waals surface area contributed by atoms with Crippen molar-refractivity contribution in [3.05, 3.63) is 95.3 Å². The van der Waals surface area contributed by atoms with Gasteiger partial charge in [-0.3, -0.25) is 19.6 Å². The largest absolute Gasteiger partial charge is 0.481 e. The Bertz CT molecular complexity index is 2370. The number of aliphatic carboxylic acids is 1. The number of aromatic nitrogens is 3. The van der Waals surface area contributed by atoms with E-state index in [9.17, 15) is 23.8 Å². The number of rotatable bonds is 11. The molecule has 0 aliphatic carbocycles. The average molecular weight is 735 g/mol. The molecule has 5 heterocycles. The lowest BCUT2D eigenvalue weighted by Crippen LogP contribution is -2.23. The van der Waals surface area contributed by atoms with Crippen LogP contribution in [0.1, 0.15) is 35.1 Å². The molecule has 8 rings (SSSR count). The molecule has 1 unspecified atom stereocenters. The number of aliphatic hydroxyl groups excluding tert-OH is 1. The van der Waals surface area contributed by atoms with E-state index in [1.807, 2.05) is 54.4 Å². The fraction of sp³-hybridized carbons (Fsp3) is 0.317. The van der Waals surface area contributed by atoms with E-state index in [1.54, 1.807) is 12.3 Å². The number of hydrogen-bond acceptors (Lipinski definition) is 10. The first-order valence-electron chi connectivity index (χ1n) is 18.0. The van der Waals surface area contributed by atoms with Crippen LogP contribution >= 0.6 is 0 Å². The summed E-state index contributed by atoms with van der Waals surface area (Å²) in [6.07, 6.45) is 4.67. The first-order valence-corrected chi connectivity index (χ1v) is 18.0. The number of hydrogen-bond donors (Lipinski definition) is 3. The Morgan fingerprint density at radius 2 is 1.72 bits per heavy atom. The third-order valence-corrected chi connectivity index (χ3v) is 10.6. The maximum Gasteiger partial charge on any atom is 0.387 e. The van der Waals surface area contributed by atoms with Crippen molar-refractivity contribution in [3.8, 4) is 28.3 Å². The second-order valence-corrected chi connectivity index (χ2v) is 14.2. The van der Waals surface area contributed by atoms with E-state index in [0.717, 1.165) is 69.5 Å². The number of alkyl halides is 2.